The summed E-state index contributed by atoms with van der Waals surface area (Å²) < 4.78 is 0. The third-order valence-electron chi connectivity index (χ3n) is 4.28. The molecular weight excluding hydrogens is 156 g/mol. The van der Waals surface area contributed by atoms with E-state index in [-0.39, 0.29) is 0 Å². The Bertz CT molecular complexity index is 203. The number of rotatable bonds is 0. The molecule has 74 valence electrons. The van der Waals surface area contributed by atoms with E-state index < -0.39 is 0 Å². The summed E-state index contributed by atoms with van der Waals surface area (Å²) >= 11 is 0. The molecule has 2 aliphatic rings. The summed E-state index contributed by atoms with van der Waals surface area (Å²) in [5.74, 6) is 2.70. The molecule has 0 radical (unpaired) electrons. The lowest BCUT2D eigenvalue weighted by molar-refractivity contribution is 0.166. The lowest BCUT2D eigenvalue weighted by atomic mass is 9.67. The van der Waals surface area contributed by atoms with Gasteiger partial charge in [0.05, 0.1) is 0 Å². The van der Waals surface area contributed by atoms with Crippen molar-refractivity contribution in [3.05, 3.63) is 12.2 Å². The second-order valence-electron chi connectivity index (χ2n) is 6.08. The minimum atomic E-state index is 0.515. The number of fused-ring (bicyclic) bond motifs is 2. The van der Waals surface area contributed by atoms with E-state index in [1.54, 1.807) is 5.57 Å². The summed E-state index contributed by atoms with van der Waals surface area (Å²) in [6.07, 6.45) is 5.68. The highest BCUT2D eigenvalue weighted by Crippen LogP contribution is 2.52. The lowest BCUT2D eigenvalue weighted by Crippen LogP contribution is -2.28. The molecule has 0 nitrogen and oxygen atoms in total. The summed E-state index contributed by atoms with van der Waals surface area (Å²) in [5, 5.41) is 0. The van der Waals surface area contributed by atoms with Gasteiger partial charge in [-0.15, -0.1) is 0 Å². The van der Waals surface area contributed by atoms with Gasteiger partial charge in [0.2, 0.25) is 0 Å². The van der Waals surface area contributed by atoms with Crippen molar-refractivity contribution in [1.82, 2.24) is 0 Å². The lowest BCUT2D eigenvalue weighted by Gasteiger charge is -2.38. The first-order valence-corrected chi connectivity index (χ1v) is 5.67. The number of hydrogen-bond donors (Lipinski definition) is 0. The zero-order chi connectivity index (χ0) is 9.64. The average Bonchev–Trinajstić information content (AvgIpc) is 2.29. The quantitative estimate of drug-likeness (QED) is 0.491. The molecule has 13 heavy (non-hydrogen) atoms. The van der Waals surface area contributed by atoms with Crippen LogP contribution in [0.25, 0.3) is 0 Å². The Kier molecular flexibility index (Phi) is 2.05. The molecule has 0 heteroatoms. The van der Waals surface area contributed by atoms with Gasteiger partial charge in [-0.2, -0.15) is 0 Å². The molecule has 0 amide bonds. The van der Waals surface area contributed by atoms with Gasteiger partial charge in [-0.3, -0.25) is 0 Å². The van der Waals surface area contributed by atoms with Crippen molar-refractivity contribution in [3.63, 3.8) is 0 Å². The monoisotopic (exact) mass is 178 g/mol. The van der Waals surface area contributed by atoms with Crippen LogP contribution in [0.3, 0.4) is 0 Å². The molecule has 2 rings (SSSR count). The van der Waals surface area contributed by atoms with Crippen molar-refractivity contribution >= 4 is 0 Å². The molecule has 2 bridgehead atoms. The summed E-state index contributed by atoms with van der Waals surface area (Å²) in [4.78, 5) is 0. The van der Waals surface area contributed by atoms with Crippen LogP contribution < -0.4 is 0 Å². The third kappa shape index (κ3) is 1.56. The van der Waals surface area contributed by atoms with Crippen LogP contribution in [0.2, 0.25) is 0 Å². The zero-order valence-corrected chi connectivity index (χ0v) is 9.27. The molecule has 2 fully saturated rings. The van der Waals surface area contributed by atoms with Crippen molar-refractivity contribution in [1.29, 1.82) is 0 Å². The predicted molar refractivity (Wildman–Crippen MR) is 57.5 cm³/mol. The Labute approximate surface area is 82.4 Å². The van der Waals surface area contributed by atoms with Crippen molar-refractivity contribution in [3.8, 4) is 0 Å². The van der Waals surface area contributed by atoms with Gasteiger partial charge >= 0.3 is 0 Å². The second-order valence-corrected chi connectivity index (χ2v) is 6.08. The Morgan fingerprint density at radius 1 is 1.08 bits per heavy atom. The van der Waals surface area contributed by atoms with Crippen LogP contribution in [-0.4, -0.2) is 0 Å². The molecule has 0 aliphatic heterocycles. The van der Waals surface area contributed by atoms with Gasteiger partial charge < -0.3 is 0 Å². The maximum absolute atomic E-state index is 4.26. The Balaban J connectivity index is 2.11. The minimum absolute atomic E-state index is 0.515. The van der Waals surface area contributed by atoms with Crippen LogP contribution in [0.4, 0.5) is 0 Å². The molecule has 0 N–H and O–H groups in total. The smallest absolute Gasteiger partial charge is 0.0200 e. The van der Waals surface area contributed by atoms with Crippen LogP contribution in [0.15, 0.2) is 12.2 Å². The molecule has 0 aromatic rings. The summed E-state index contributed by atoms with van der Waals surface area (Å²) in [7, 11) is 0. The summed E-state index contributed by atoms with van der Waals surface area (Å²) in [6.45, 7) is 11.4. The van der Waals surface area contributed by atoms with Crippen molar-refractivity contribution < 1.29 is 0 Å². The van der Waals surface area contributed by atoms with Crippen molar-refractivity contribution in [2.24, 2.45) is 23.2 Å². The molecule has 0 heterocycles. The van der Waals surface area contributed by atoms with Crippen molar-refractivity contribution in [2.75, 3.05) is 0 Å². The van der Waals surface area contributed by atoms with E-state index in [0.29, 0.717) is 5.41 Å². The molecule has 0 aromatic carbocycles. The predicted octanol–water partition coefficient (Wildman–Crippen LogP) is 4.02. The topological polar surface area (TPSA) is 0 Å². The first kappa shape index (κ1) is 9.30. The molecule has 2 unspecified atom stereocenters. The SMILES string of the molecule is C=C1C2CCC1CC(C(C)(C)C)C2. The average molecular weight is 178 g/mol. The second kappa shape index (κ2) is 2.87. The van der Waals surface area contributed by atoms with E-state index in [2.05, 4.69) is 27.4 Å². The van der Waals surface area contributed by atoms with E-state index in [1.165, 1.54) is 25.7 Å². The molecule has 0 aromatic heterocycles. The van der Waals surface area contributed by atoms with Crippen LogP contribution in [0.1, 0.15) is 46.5 Å². The van der Waals surface area contributed by atoms with E-state index >= 15 is 0 Å². The summed E-state index contributed by atoms with van der Waals surface area (Å²) in [6, 6.07) is 0. The van der Waals surface area contributed by atoms with E-state index in [1.807, 2.05) is 0 Å². The standard InChI is InChI=1S/C13H22/c1-9-10-5-6-11(9)8-12(7-10)13(2,3)4/h10-12H,1,5-8H2,2-4H3. The van der Waals surface area contributed by atoms with E-state index in [4.69, 9.17) is 0 Å². The van der Waals surface area contributed by atoms with E-state index in [9.17, 15) is 0 Å². The fourth-order valence-electron chi connectivity index (χ4n) is 3.14. The first-order valence-electron chi connectivity index (χ1n) is 5.67. The Morgan fingerprint density at radius 2 is 1.54 bits per heavy atom. The Morgan fingerprint density at radius 3 is 1.92 bits per heavy atom. The van der Waals surface area contributed by atoms with Crippen LogP contribution in [-0.2, 0) is 0 Å². The molecule has 0 spiro atoms. The first-order chi connectivity index (χ1) is 5.98. The molecule has 0 saturated heterocycles. The molecule has 2 saturated carbocycles. The van der Waals surface area contributed by atoms with Crippen LogP contribution >= 0.6 is 0 Å². The third-order valence-corrected chi connectivity index (χ3v) is 4.28. The van der Waals surface area contributed by atoms with Gasteiger partial charge in [0, 0.05) is 0 Å². The highest BCUT2D eigenvalue weighted by molar-refractivity contribution is 5.15. The largest absolute Gasteiger partial charge is 0.0993 e. The highest BCUT2D eigenvalue weighted by Gasteiger charge is 2.40. The van der Waals surface area contributed by atoms with Gasteiger partial charge in [0.25, 0.3) is 0 Å². The maximum Gasteiger partial charge on any atom is -0.0200 e. The van der Waals surface area contributed by atoms with Gasteiger partial charge in [0.15, 0.2) is 0 Å². The molecular formula is C13H22. The molecule has 2 atom stereocenters. The highest BCUT2D eigenvalue weighted by atomic mass is 14.5. The minimum Gasteiger partial charge on any atom is -0.0993 e. The fraction of sp³-hybridized carbons (Fsp3) is 0.846. The number of hydrogen-bond acceptors (Lipinski definition) is 0. The van der Waals surface area contributed by atoms with Gasteiger partial charge in [0.1, 0.15) is 0 Å². The number of allylic oxidation sites excluding steroid dienone is 1. The van der Waals surface area contributed by atoms with Crippen molar-refractivity contribution in [2.45, 2.75) is 46.5 Å². The van der Waals surface area contributed by atoms with E-state index in [0.717, 1.165) is 17.8 Å². The van der Waals surface area contributed by atoms with Crippen LogP contribution in [0, 0.1) is 23.2 Å². The zero-order valence-electron chi connectivity index (χ0n) is 9.27. The fourth-order valence-corrected chi connectivity index (χ4v) is 3.14. The Hall–Kier alpha value is -0.260. The van der Waals surface area contributed by atoms with Gasteiger partial charge in [-0.05, 0) is 48.9 Å². The van der Waals surface area contributed by atoms with Gasteiger partial charge in [-0.25, -0.2) is 0 Å². The van der Waals surface area contributed by atoms with Crippen LogP contribution in [0.5, 0.6) is 0 Å². The van der Waals surface area contributed by atoms with Gasteiger partial charge in [-0.1, -0.05) is 32.9 Å². The molecule has 2 aliphatic carbocycles. The summed E-state index contributed by atoms with van der Waals surface area (Å²) in [5.41, 5.74) is 2.10. The normalized spacial score (nSPS) is 39.6. The maximum atomic E-state index is 4.26.